The molecule has 3 N–H and O–H groups in total. The molecule has 2 aromatic rings. The van der Waals surface area contributed by atoms with Crippen molar-refractivity contribution in [2.24, 2.45) is 0 Å². The molecule has 2 heterocycles. The Morgan fingerprint density at radius 3 is 2.74 bits per heavy atom. The fourth-order valence-corrected chi connectivity index (χ4v) is 1.71. The van der Waals surface area contributed by atoms with Gasteiger partial charge in [0.05, 0.1) is 0 Å². The minimum absolute atomic E-state index is 0.152. The van der Waals surface area contributed by atoms with Crippen LogP contribution in [0.15, 0.2) is 36.7 Å². The third-order valence-corrected chi connectivity index (χ3v) is 2.73. The normalized spacial score (nSPS) is 10.2. The van der Waals surface area contributed by atoms with Crippen molar-refractivity contribution in [2.75, 3.05) is 5.73 Å². The number of rotatable bonds is 4. The Kier molecular flexibility index (Phi) is 4.07. The monoisotopic (exact) mass is 256 g/mol. The minimum atomic E-state index is -0.152. The van der Waals surface area contributed by atoms with Crippen LogP contribution in [-0.2, 0) is 13.0 Å². The van der Waals surface area contributed by atoms with E-state index in [1.165, 1.54) is 0 Å². The highest BCUT2D eigenvalue weighted by Crippen LogP contribution is 2.08. The number of pyridine rings is 2. The first-order valence-electron chi connectivity index (χ1n) is 6.12. The number of carbonyl (C=O) groups is 1. The molecule has 5 nitrogen and oxygen atoms in total. The first-order valence-corrected chi connectivity index (χ1v) is 6.12. The molecule has 0 saturated heterocycles. The highest BCUT2D eigenvalue weighted by molar-refractivity contribution is 5.94. The van der Waals surface area contributed by atoms with E-state index in [4.69, 9.17) is 5.73 Å². The predicted molar refractivity (Wildman–Crippen MR) is 73.4 cm³/mol. The number of hydrogen-bond acceptors (Lipinski definition) is 4. The van der Waals surface area contributed by atoms with E-state index in [9.17, 15) is 4.79 Å². The first-order chi connectivity index (χ1) is 9.19. The molecular weight excluding hydrogens is 240 g/mol. The van der Waals surface area contributed by atoms with Gasteiger partial charge < -0.3 is 11.1 Å². The number of nitrogens with two attached hydrogens (primary N) is 1. The minimum Gasteiger partial charge on any atom is -0.384 e. The molecule has 0 radical (unpaired) electrons. The Morgan fingerprint density at radius 1 is 1.32 bits per heavy atom. The molecule has 0 unspecified atom stereocenters. The van der Waals surface area contributed by atoms with Crippen LogP contribution in [0, 0.1) is 0 Å². The van der Waals surface area contributed by atoms with Crippen molar-refractivity contribution in [2.45, 2.75) is 19.9 Å². The van der Waals surface area contributed by atoms with Crippen LogP contribution < -0.4 is 11.1 Å². The summed E-state index contributed by atoms with van der Waals surface area (Å²) < 4.78 is 0. The van der Waals surface area contributed by atoms with Crippen LogP contribution in [0.2, 0.25) is 0 Å². The molecule has 0 spiro atoms. The van der Waals surface area contributed by atoms with E-state index in [0.29, 0.717) is 17.9 Å². The molecule has 0 fully saturated rings. The van der Waals surface area contributed by atoms with Crippen molar-refractivity contribution in [1.29, 1.82) is 0 Å². The van der Waals surface area contributed by atoms with Gasteiger partial charge in [0.25, 0.3) is 5.91 Å². The lowest BCUT2D eigenvalue weighted by Gasteiger charge is -2.07. The van der Waals surface area contributed by atoms with Gasteiger partial charge in [-0.3, -0.25) is 9.78 Å². The second-order valence-electron chi connectivity index (χ2n) is 4.16. The summed E-state index contributed by atoms with van der Waals surface area (Å²) in [5.74, 6) is 0.217. The number of amides is 1. The fraction of sp³-hybridized carbons (Fsp3) is 0.214. The molecule has 0 atom stereocenters. The fourth-order valence-electron chi connectivity index (χ4n) is 1.71. The largest absolute Gasteiger partial charge is 0.384 e. The lowest BCUT2D eigenvalue weighted by molar-refractivity contribution is 0.0950. The standard InChI is InChI=1S/C14H16N4O/c1-2-12-7-11(8-13(15)18-12)14(19)17-9-10-3-5-16-6-4-10/h3-8H,2,9H2,1H3,(H2,15,18)(H,17,19). The van der Waals surface area contributed by atoms with Gasteiger partial charge in [-0.25, -0.2) is 4.98 Å². The highest BCUT2D eigenvalue weighted by atomic mass is 16.1. The molecule has 0 saturated carbocycles. The first kappa shape index (κ1) is 13.0. The second kappa shape index (κ2) is 5.95. The molecule has 19 heavy (non-hydrogen) atoms. The zero-order chi connectivity index (χ0) is 13.7. The van der Waals surface area contributed by atoms with Gasteiger partial charge >= 0.3 is 0 Å². The summed E-state index contributed by atoms with van der Waals surface area (Å²) >= 11 is 0. The molecule has 2 rings (SSSR count). The van der Waals surface area contributed by atoms with E-state index in [2.05, 4.69) is 15.3 Å². The third-order valence-electron chi connectivity index (χ3n) is 2.73. The summed E-state index contributed by atoms with van der Waals surface area (Å²) in [6, 6.07) is 7.07. The van der Waals surface area contributed by atoms with Crippen LogP contribution in [0.1, 0.15) is 28.5 Å². The number of aromatic nitrogens is 2. The van der Waals surface area contributed by atoms with Gasteiger partial charge in [0, 0.05) is 30.2 Å². The van der Waals surface area contributed by atoms with Crippen LogP contribution in [0.25, 0.3) is 0 Å². The van der Waals surface area contributed by atoms with Crippen molar-refractivity contribution in [3.8, 4) is 0 Å². The van der Waals surface area contributed by atoms with Crippen molar-refractivity contribution in [3.63, 3.8) is 0 Å². The molecule has 0 aromatic carbocycles. The average Bonchev–Trinajstić information content (AvgIpc) is 2.45. The van der Waals surface area contributed by atoms with E-state index in [0.717, 1.165) is 17.7 Å². The molecule has 0 bridgehead atoms. The molecular formula is C14H16N4O. The van der Waals surface area contributed by atoms with Crippen molar-refractivity contribution < 1.29 is 4.79 Å². The van der Waals surface area contributed by atoms with Crippen molar-refractivity contribution >= 4 is 11.7 Å². The lowest BCUT2D eigenvalue weighted by Crippen LogP contribution is -2.23. The Morgan fingerprint density at radius 2 is 2.05 bits per heavy atom. The zero-order valence-electron chi connectivity index (χ0n) is 10.8. The van der Waals surface area contributed by atoms with Gasteiger partial charge in [0.2, 0.25) is 0 Å². The van der Waals surface area contributed by atoms with Crippen LogP contribution >= 0.6 is 0 Å². The summed E-state index contributed by atoms with van der Waals surface area (Å²) in [7, 11) is 0. The van der Waals surface area contributed by atoms with Crippen molar-refractivity contribution in [3.05, 3.63) is 53.5 Å². The summed E-state index contributed by atoms with van der Waals surface area (Å²) in [6.07, 6.45) is 4.14. The quantitative estimate of drug-likeness (QED) is 0.869. The molecule has 2 aromatic heterocycles. The summed E-state index contributed by atoms with van der Waals surface area (Å²) in [5.41, 5.74) is 8.04. The number of nitrogens with zero attached hydrogens (tertiary/aromatic N) is 2. The van der Waals surface area contributed by atoms with E-state index in [1.54, 1.807) is 24.5 Å². The maximum absolute atomic E-state index is 12.0. The predicted octanol–water partition coefficient (Wildman–Crippen LogP) is 1.55. The van der Waals surface area contributed by atoms with E-state index in [1.807, 2.05) is 19.1 Å². The average molecular weight is 256 g/mol. The van der Waals surface area contributed by atoms with E-state index in [-0.39, 0.29) is 5.91 Å². The van der Waals surface area contributed by atoms with Crippen LogP contribution in [-0.4, -0.2) is 15.9 Å². The maximum Gasteiger partial charge on any atom is 0.251 e. The molecule has 0 aliphatic heterocycles. The number of nitrogens with one attached hydrogen (secondary N) is 1. The van der Waals surface area contributed by atoms with Crippen LogP contribution in [0.5, 0.6) is 0 Å². The highest BCUT2D eigenvalue weighted by Gasteiger charge is 2.08. The smallest absolute Gasteiger partial charge is 0.251 e. The number of carbonyl (C=O) groups excluding carboxylic acids is 1. The number of nitrogen functional groups attached to an aromatic ring is 1. The van der Waals surface area contributed by atoms with Gasteiger partial charge in [-0.15, -0.1) is 0 Å². The van der Waals surface area contributed by atoms with Crippen LogP contribution in [0.3, 0.4) is 0 Å². The Hall–Kier alpha value is -2.43. The van der Waals surface area contributed by atoms with Crippen LogP contribution in [0.4, 0.5) is 5.82 Å². The van der Waals surface area contributed by atoms with Crippen molar-refractivity contribution in [1.82, 2.24) is 15.3 Å². The van der Waals surface area contributed by atoms with Gasteiger partial charge in [0.15, 0.2) is 0 Å². The number of anilines is 1. The van der Waals surface area contributed by atoms with Gasteiger partial charge in [-0.05, 0) is 36.2 Å². The summed E-state index contributed by atoms with van der Waals surface area (Å²) in [4.78, 5) is 20.1. The maximum atomic E-state index is 12.0. The summed E-state index contributed by atoms with van der Waals surface area (Å²) in [6.45, 7) is 2.44. The number of aryl methyl sites for hydroxylation is 1. The van der Waals surface area contributed by atoms with Gasteiger partial charge in [-0.1, -0.05) is 6.92 Å². The molecule has 1 amide bonds. The molecule has 0 aliphatic rings. The summed E-state index contributed by atoms with van der Waals surface area (Å²) in [5, 5.41) is 2.84. The lowest BCUT2D eigenvalue weighted by atomic mass is 10.1. The van der Waals surface area contributed by atoms with E-state index >= 15 is 0 Å². The topological polar surface area (TPSA) is 80.9 Å². The Balaban J connectivity index is 2.06. The molecule has 98 valence electrons. The zero-order valence-corrected chi connectivity index (χ0v) is 10.8. The second-order valence-corrected chi connectivity index (χ2v) is 4.16. The van der Waals surface area contributed by atoms with Gasteiger partial charge in [-0.2, -0.15) is 0 Å². The number of hydrogen-bond donors (Lipinski definition) is 2. The van der Waals surface area contributed by atoms with Gasteiger partial charge in [0.1, 0.15) is 5.82 Å². The Labute approximate surface area is 111 Å². The Bertz CT molecular complexity index is 569. The van der Waals surface area contributed by atoms with E-state index < -0.39 is 0 Å². The SMILES string of the molecule is CCc1cc(C(=O)NCc2ccncc2)cc(N)n1. The molecule has 5 heteroatoms. The third kappa shape index (κ3) is 3.51. The molecule has 0 aliphatic carbocycles.